The Labute approximate surface area is 249 Å². The van der Waals surface area contributed by atoms with Gasteiger partial charge in [0.15, 0.2) is 0 Å². The zero-order chi connectivity index (χ0) is 28.9. The number of piperazine rings is 1. The van der Waals surface area contributed by atoms with Crippen LogP contribution in [0.3, 0.4) is 0 Å². The highest BCUT2D eigenvalue weighted by atomic mass is 35.5. The van der Waals surface area contributed by atoms with Gasteiger partial charge >= 0.3 is 0 Å². The minimum absolute atomic E-state index is 0.0261. The van der Waals surface area contributed by atoms with Crippen LogP contribution in [0, 0.1) is 17.2 Å². The topological polar surface area (TPSA) is 85.5 Å². The Morgan fingerprint density at radius 2 is 1.73 bits per heavy atom. The van der Waals surface area contributed by atoms with Crippen LogP contribution in [0.4, 0.5) is 11.4 Å². The molecule has 0 spiro atoms. The second-order valence-electron chi connectivity index (χ2n) is 10.3. The van der Waals surface area contributed by atoms with E-state index in [0.29, 0.717) is 41.0 Å². The van der Waals surface area contributed by atoms with Crippen molar-refractivity contribution in [3.05, 3.63) is 99.2 Å². The van der Waals surface area contributed by atoms with Crippen molar-refractivity contribution >= 4 is 46.1 Å². The van der Waals surface area contributed by atoms with E-state index in [1.807, 2.05) is 64.6 Å². The molecule has 1 saturated heterocycles. The van der Waals surface area contributed by atoms with Crippen molar-refractivity contribution in [1.29, 1.82) is 5.26 Å². The van der Waals surface area contributed by atoms with Gasteiger partial charge in [-0.3, -0.25) is 9.59 Å². The zero-order valence-electron chi connectivity index (χ0n) is 23.0. The van der Waals surface area contributed by atoms with Crippen molar-refractivity contribution in [2.75, 3.05) is 36.0 Å². The molecule has 1 fully saturated rings. The first-order valence-corrected chi connectivity index (χ1v) is 14.7. The normalized spacial score (nSPS) is 13.3. The fourth-order valence-electron chi connectivity index (χ4n) is 4.87. The lowest BCUT2D eigenvalue weighted by Crippen LogP contribution is -2.48. The van der Waals surface area contributed by atoms with Crippen LogP contribution < -0.4 is 9.80 Å². The summed E-state index contributed by atoms with van der Waals surface area (Å²) in [5, 5.41) is 9.07. The third kappa shape index (κ3) is 6.62. The third-order valence-corrected chi connectivity index (χ3v) is 8.41. The Bertz CT molecular complexity index is 1550. The summed E-state index contributed by atoms with van der Waals surface area (Å²) in [6.45, 7) is 7.53. The summed E-state index contributed by atoms with van der Waals surface area (Å²) in [5.74, 6) is -0.115. The van der Waals surface area contributed by atoms with E-state index in [0.717, 1.165) is 35.7 Å². The summed E-state index contributed by atoms with van der Waals surface area (Å²) < 4.78 is 2.65. The minimum atomic E-state index is -0.173. The Morgan fingerprint density at radius 3 is 2.34 bits per heavy atom. The van der Waals surface area contributed by atoms with Gasteiger partial charge in [-0.25, -0.2) is 4.98 Å². The van der Waals surface area contributed by atoms with E-state index >= 15 is 0 Å². The van der Waals surface area contributed by atoms with Gasteiger partial charge in [-0.2, -0.15) is 5.26 Å². The molecule has 1 aliphatic heterocycles. The summed E-state index contributed by atoms with van der Waals surface area (Å²) in [4.78, 5) is 37.1. The van der Waals surface area contributed by atoms with E-state index in [1.54, 1.807) is 36.8 Å². The Balaban J connectivity index is 1.27. The van der Waals surface area contributed by atoms with E-state index < -0.39 is 0 Å². The van der Waals surface area contributed by atoms with E-state index in [-0.39, 0.29) is 17.7 Å². The van der Waals surface area contributed by atoms with Gasteiger partial charge in [0.25, 0.3) is 5.91 Å². The summed E-state index contributed by atoms with van der Waals surface area (Å²) >= 11 is 7.32. The number of hydrogen-bond donors (Lipinski definition) is 0. The van der Waals surface area contributed by atoms with Crippen LogP contribution in [0.5, 0.6) is 0 Å². The zero-order valence-corrected chi connectivity index (χ0v) is 24.6. The highest BCUT2D eigenvalue weighted by Crippen LogP contribution is 2.27. The van der Waals surface area contributed by atoms with Crippen LogP contribution in [-0.4, -0.2) is 52.4 Å². The average molecular weight is 587 g/mol. The van der Waals surface area contributed by atoms with Crippen molar-refractivity contribution in [2.45, 2.75) is 26.9 Å². The summed E-state index contributed by atoms with van der Waals surface area (Å²) in [5.41, 5.74) is 4.47. The molecule has 0 unspecified atom stereocenters. The molecule has 3 heterocycles. The number of benzene rings is 2. The first kappa shape index (κ1) is 28.4. The molecule has 210 valence electrons. The van der Waals surface area contributed by atoms with Gasteiger partial charge < -0.3 is 19.3 Å². The van der Waals surface area contributed by atoms with Crippen molar-refractivity contribution in [1.82, 2.24) is 14.5 Å². The van der Waals surface area contributed by atoms with Crippen LogP contribution in [0.1, 0.15) is 40.3 Å². The number of rotatable bonds is 8. The van der Waals surface area contributed by atoms with Crippen LogP contribution in [0.15, 0.2) is 73.2 Å². The van der Waals surface area contributed by atoms with Crippen LogP contribution in [0.2, 0.25) is 4.34 Å². The number of imidazole rings is 1. The van der Waals surface area contributed by atoms with E-state index in [9.17, 15) is 9.59 Å². The number of halogens is 1. The van der Waals surface area contributed by atoms with Gasteiger partial charge in [-0.05, 0) is 54.1 Å². The van der Waals surface area contributed by atoms with Gasteiger partial charge in [0.1, 0.15) is 0 Å². The fourth-order valence-corrected chi connectivity index (χ4v) is 5.88. The molecule has 1 aliphatic rings. The largest absolute Gasteiger partial charge is 0.368 e. The summed E-state index contributed by atoms with van der Waals surface area (Å²) in [7, 11) is 0. The molecule has 2 amide bonds. The molecule has 2 aromatic carbocycles. The number of carbonyl (C=O) groups excluding carboxylic acids is 2. The Morgan fingerprint density at radius 1 is 1.02 bits per heavy atom. The second kappa shape index (κ2) is 12.6. The maximum absolute atomic E-state index is 13.3. The van der Waals surface area contributed by atoms with Crippen molar-refractivity contribution < 1.29 is 9.59 Å². The smallest absolute Gasteiger partial charge is 0.264 e. The van der Waals surface area contributed by atoms with Crippen LogP contribution in [0.25, 0.3) is 0 Å². The number of nitrogens with zero attached hydrogens (tertiary/aromatic N) is 6. The molecule has 0 saturated carbocycles. The van der Waals surface area contributed by atoms with Crippen molar-refractivity contribution in [3.8, 4) is 6.07 Å². The van der Waals surface area contributed by atoms with E-state index in [4.69, 9.17) is 16.9 Å². The monoisotopic (exact) mass is 586 g/mol. The lowest BCUT2D eigenvalue weighted by Gasteiger charge is -2.36. The highest BCUT2D eigenvalue weighted by molar-refractivity contribution is 7.17. The molecule has 8 nitrogen and oxygen atoms in total. The summed E-state index contributed by atoms with van der Waals surface area (Å²) in [6, 6.07) is 21.2. The molecule has 0 aliphatic carbocycles. The third-order valence-electron chi connectivity index (χ3n) is 7.19. The first-order chi connectivity index (χ1) is 19.8. The molecule has 41 heavy (non-hydrogen) atoms. The lowest BCUT2D eigenvalue weighted by atomic mass is 10.1. The SMILES string of the molecule is CC(C)C(=O)N(Cc1cncn1Cc1ccc(C#N)cc1)c1ccc(N2CCN(C(=O)c3ccc(Cl)s3)CC2)cc1. The number of nitriles is 1. The number of thiophene rings is 1. The number of aromatic nitrogens is 2. The minimum Gasteiger partial charge on any atom is -0.368 e. The predicted octanol–water partition coefficient (Wildman–Crippen LogP) is 5.67. The van der Waals surface area contributed by atoms with Crippen LogP contribution >= 0.6 is 22.9 Å². The number of hydrogen-bond acceptors (Lipinski definition) is 6. The maximum atomic E-state index is 13.3. The van der Waals surface area contributed by atoms with Gasteiger partial charge in [0.05, 0.1) is 39.4 Å². The molecular formula is C31H31ClN6O2S. The van der Waals surface area contributed by atoms with E-state index in [2.05, 4.69) is 16.0 Å². The van der Waals surface area contributed by atoms with Gasteiger partial charge in [0, 0.05) is 56.2 Å². The summed E-state index contributed by atoms with van der Waals surface area (Å²) in [6.07, 6.45) is 3.57. The molecule has 10 heteroatoms. The van der Waals surface area contributed by atoms with Gasteiger partial charge in [-0.15, -0.1) is 11.3 Å². The first-order valence-electron chi connectivity index (χ1n) is 13.5. The lowest BCUT2D eigenvalue weighted by molar-refractivity contribution is -0.121. The maximum Gasteiger partial charge on any atom is 0.264 e. The van der Waals surface area contributed by atoms with Crippen molar-refractivity contribution in [2.24, 2.45) is 5.92 Å². The predicted molar refractivity (Wildman–Crippen MR) is 162 cm³/mol. The molecule has 0 atom stereocenters. The van der Waals surface area contributed by atoms with Gasteiger partial charge in [0.2, 0.25) is 5.91 Å². The quantitative estimate of drug-likeness (QED) is 0.266. The standard InChI is InChI=1S/C31H31ClN6O2S/c1-22(2)30(39)38(20-27-18-34-21-37(27)19-24-5-3-23(17-33)4-6-24)26-9-7-25(8-10-26)35-13-15-36(16-14-35)31(40)28-11-12-29(32)41-28/h3-12,18,21-22H,13-16,19-20H2,1-2H3. The van der Waals surface area contributed by atoms with Crippen molar-refractivity contribution in [3.63, 3.8) is 0 Å². The fraction of sp³-hybridized carbons (Fsp3) is 0.290. The molecule has 4 aromatic rings. The average Bonchev–Trinajstić information content (AvgIpc) is 3.64. The van der Waals surface area contributed by atoms with E-state index in [1.165, 1.54) is 11.3 Å². The van der Waals surface area contributed by atoms with Gasteiger partial charge in [-0.1, -0.05) is 37.6 Å². The number of anilines is 2. The van der Waals surface area contributed by atoms with Crippen LogP contribution in [-0.2, 0) is 17.9 Å². The number of amides is 2. The Hall–Kier alpha value is -4.13. The second-order valence-corrected chi connectivity index (χ2v) is 12.0. The Kier molecular flexibility index (Phi) is 8.72. The molecule has 2 aromatic heterocycles. The highest BCUT2D eigenvalue weighted by Gasteiger charge is 2.25. The number of carbonyl (C=O) groups is 2. The molecule has 5 rings (SSSR count). The molecular weight excluding hydrogens is 556 g/mol. The molecule has 0 bridgehead atoms. The molecule has 0 N–H and O–H groups in total. The molecule has 0 radical (unpaired) electrons.